The highest BCUT2D eigenvalue weighted by Crippen LogP contribution is 2.31. The van der Waals surface area contributed by atoms with E-state index in [2.05, 4.69) is 19.0 Å². The fraction of sp³-hybridized carbons (Fsp3) is 0.809. The minimum Gasteiger partial charge on any atom is -0.426 e. The number of unbranched alkanes of at least 4 members (excludes halogenated alkanes) is 28. The van der Waals surface area contributed by atoms with E-state index in [4.69, 9.17) is 9.57 Å². The summed E-state index contributed by atoms with van der Waals surface area (Å²) in [5, 5.41) is 4.31. The summed E-state index contributed by atoms with van der Waals surface area (Å²) in [6.07, 6.45) is 42.9. The summed E-state index contributed by atoms with van der Waals surface area (Å²) in [4.78, 5) is 30.5. The Bertz CT molecular complexity index is 1080. The van der Waals surface area contributed by atoms with Gasteiger partial charge in [-0.25, -0.2) is 4.79 Å². The molecule has 5 nitrogen and oxygen atoms in total. The molecule has 1 aliphatic rings. The van der Waals surface area contributed by atoms with Crippen LogP contribution in [-0.4, -0.2) is 17.7 Å². The summed E-state index contributed by atoms with van der Waals surface area (Å²) in [5.41, 5.74) is 4.00. The van der Waals surface area contributed by atoms with Crippen molar-refractivity contribution >= 4 is 17.7 Å². The third-order valence-electron chi connectivity index (χ3n) is 11.2. The van der Waals surface area contributed by atoms with Crippen molar-refractivity contribution in [3.63, 3.8) is 0 Å². The van der Waals surface area contributed by atoms with Crippen LogP contribution in [0.25, 0.3) is 0 Å². The zero-order valence-corrected chi connectivity index (χ0v) is 34.5. The van der Waals surface area contributed by atoms with Crippen molar-refractivity contribution in [3.05, 3.63) is 28.8 Å². The lowest BCUT2D eigenvalue weighted by Gasteiger charge is -2.21. The maximum Gasteiger partial charge on any atom is 0.335 e. The standard InChI is InChI=1S/C47H81NO4/c1-4-6-8-10-12-14-16-18-20-22-24-26-28-30-32-37-46(49)51-45-40-39-43-42(41(45)3)35-34-36-44(43)48-52-47(50)38-33-31-29-27-25-23-21-19-17-15-13-11-9-7-5-2/h39-40H,4-38H2,1-3H3/b48-44+. The van der Waals surface area contributed by atoms with Crippen LogP contribution in [0, 0.1) is 6.92 Å². The van der Waals surface area contributed by atoms with Gasteiger partial charge in [-0.3, -0.25) is 4.79 Å². The molecule has 0 unspecified atom stereocenters. The molecule has 0 atom stereocenters. The third kappa shape index (κ3) is 22.8. The lowest BCUT2D eigenvalue weighted by atomic mass is 9.87. The zero-order valence-electron chi connectivity index (χ0n) is 34.5. The Morgan fingerprint density at radius 1 is 0.519 bits per heavy atom. The van der Waals surface area contributed by atoms with Crippen molar-refractivity contribution in [1.82, 2.24) is 0 Å². The highest BCUT2D eigenvalue weighted by molar-refractivity contribution is 6.03. The van der Waals surface area contributed by atoms with Crippen LogP contribution in [0.4, 0.5) is 0 Å². The van der Waals surface area contributed by atoms with Crippen LogP contribution in [0.2, 0.25) is 0 Å². The minimum atomic E-state index is -0.240. The second-order valence-electron chi connectivity index (χ2n) is 15.9. The molecule has 0 radical (unpaired) electrons. The fourth-order valence-electron chi connectivity index (χ4n) is 7.71. The van der Waals surface area contributed by atoms with E-state index in [1.807, 2.05) is 19.1 Å². The highest BCUT2D eigenvalue weighted by Gasteiger charge is 2.21. The Hall–Kier alpha value is -2.17. The third-order valence-corrected chi connectivity index (χ3v) is 11.2. The Balaban J connectivity index is 1.53. The summed E-state index contributed by atoms with van der Waals surface area (Å²) in [6, 6.07) is 3.87. The Morgan fingerprint density at radius 2 is 0.904 bits per heavy atom. The number of nitrogens with zero attached hydrogens (tertiary/aromatic N) is 1. The molecule has 1 aromatic carbocycles. The first-order valence-electron chi connectivity index (χ1n) is 22.7. The molecule has 0 amide bonds. The molecule has 298 valence electrons. The number of carbonyl (C=O) groups excluding carboxylic acids is 2. The fourth-order valence-corrected chi connectivity index (χ4v) is 7.71. The molecule has 0 aromatic heterocycles. The number of ether oxygens (including phenoxy) is 1. The summed E-state index contributed by atoms with van der Waals surface area (Å²) in [7, 11) is 0. The van der Waals surface area contributed by atoms with Gasteiger partial charge in [0.1, 0.15) is 5.75 Å². The first-order valence-corrected chi connectivity index (χ1v) is 22.7. The number of carbonyl (C=O) groups is 2. The SMILES string of the molecule is CCCCCCCCCCCCCCCCCC(=O)O/N=C1\CCCc2c1ccc(OC(=O)CCCCCCCCCCCCCCCCC)c2C. The maximum absolute atomic E-state index is 12.7. The van der Waals surface area contributed by atoms with E-state index >= 15 is 0 Å². The lowest BCUT2D eigenvalue weighted by Crippen LogP contribution is -2.16. The van der Waals surface area contributed by atoms with Gasteiger partial charge < -0.3 is 9.57 Å². The van der Waals surface area contributed by atoms with Gasteiger partial charge in [0.05, 0.1) is 5.71 Å². The average molecular weight is 724 g/mol. The van der Waals surface area contributed by atoms with E-state index in [1.165, 1.54) is 167 Å². The van der Waals surface area contributed by atoms with Gasteiger partial charge in [0.2, 0.25) is 0 Å². The summed E-state index contributed by atoms with van der Waals surface area (Å²) < 4.78 is 5.82. The van der Waals surface area contributed by atoms with Crippen molar-refractivity contribution in [2.24, 2.45) is 5.16 Å². The smallest absolute Gasteiger partial charge is 0.335 e. The summed E-state index contributed by atoms with van der Waals surface area (Å²) >= 11 is 0. The van der Waals surface area contributed by atoms with E-state index in [0.29, 0.717) is 18.6 Å². The first kappa shape index (κ1) is 46.0. The van der Waals surface area contributed by atoms with Gasteiger partial charge in [0.15, 0.2) is 0 Å². The quantitative estimate of drug-likeness (QED) is 0.0233. The Kier molecular flexibility index (Phi) is 28.5. The summed E-state index contributed by atoms with van der Waals surface area (Å²) in [6.45, 7) is 6.59. The number of oxime groups is 1. The molecule has 0 heterocycles. The van der Waals surface area contributed by atoms with E-state index in [1.54, 1.807) is 0 Å². The number of benzene rings is 1. The van der Waals surface area contributed by atoms with Crippen LogP contribution in [0.15, 0.2) is 17.3 Å². The molecule has 2 rings (SSSR count). The highest BCUT2D eigenvalue weighted by atomic mass is 16.7. The van der Waals surface area contributed by atoms with Crippen molar-refractivity contribution in [2.75, 3.05) is 0 Å². The van der Waals surface area contributed by atoms with Crippen molar-refractivity contribution in [3.8, 4) is 5.75 Å². The Morgan fingerprint density at radius 3 is 1.33 bits per heavy atom. The minimum absolute atomic E-state index is 0.143. The average Bonchev–Trinajstić information content (AvgIpc) is 3.15. The van der Waals surface area contributed by atoms with Gasteiger partial charge >= 0.3 is 11.9 Å². The van der Waals surface area contributed by atoms with E-state index < -0.39 is 0 Å². The molecule has 0 saturated heterocycles. The van der Waals surface area contributed by atoms with E-state index in [9.17, 15) is 9.59 Å². The van der Waals surface area contributed by atoms with Crippen LogP contribution in [0.5, 0.6) is 5.75 Å². The van der Waals surface area contributed by atoms with Crippen LogP contribution in [0.1, 0.15) is 249 Å². The number of hydrogen-bond acceptors (Lipinski definition) is 5. The molecule has 0 bridgehead atoms. The van der Waals surface area contributed by atoms with E-state index in [-0.39, 0.29) is 11.9 Å². The molecule has 0 fully saturated rings. The number of hydrogen-bond donors (Lipinski definition) is 0. The van der Waals surface area contributed by atoms with Crippen LogP contribution in [-0.2, 0) is 20.8 Å². The lowest BCUT2D eigenvalue weighted by molar-refractivity contribution is -0.143. The maximum atomic E-state index is 12.7. The molecule has 0 spiro atoms. The predicted molar refractivity (Wildman–Crippen MR) is 221 cm³/mol. The normalized spacial score (nSPS) is 13.4. The van der Waals surface area contributed by atoms with E-state index in [0.717, 1.165) is 67.3 Å². The van der Waals surface area contributed by atoms with Crippen molar-refractivity contribution in [2.45, 2.75) is 245 Å². The van der Waals surface area contributed by atoms with Crippen LogP contribution < -0.4 is 4.74 Å². The molecule has 0 saturated carbocycles. The second-order valence-corrected chi connectivity index (χ2v) is 15.9. The molecule has 1 aromatic rings. The first-order chi connectivity index (χ1) is 25.6. The largest absolute Gasteiger partial charge is 0.426 e. The van der Waals surface area contributed by atoms with Gasteiger partial charge in [0.25, 0.3) is 0 Å². The summed E-state index contributed by atoms with van der Waals surface area (Å²) in [5.74, 6) is 0.265. The molecule has 5 heteroatoms. The Labute approximate surface area is 321 Å². The molecule has 0 N–H and O–H groups in total. The number of fused-ring (bicyclic) bond motifs is 1. The van der Waals surface area contributed by atoms with Crippen LogP contribution >= 0.6 is 0 Å². The number of esters is 1. The van der Waals surface area contributed by atoms with Crippen molar-refractivity contribution < 1.29 is 19.2 Å². The van der Waals surface area contributed by atoms with Crippen molar-refractivity contribution in [1.29, 1.82) is 0 Å². The van der Waals surface area contributed by atoms with Gasteiger partial charge in [-0.2, -0.15) is 0 Å². The molecule has 1 aliphatic carbocycles. The second kappa shape index (κ2) is 32.3. The van der Waals surface area contributed by atoms with Gasteiger partial charge in [0, 0.05) is 18.4 Å². The molecular formula is C47H81NO4. The van der Waals surface area contributed by atoms with Crippen LogP contribution in [0.3, 0.4) is 0 Å². The van der Waals surface area contributed by atoms with Gasteiger partial charge in [-0.15, -0.1) is 0 Å². The zero-order chi connectivity index (χ0) is 37.3. The predicted octanol–water partition coefficient (Wildman–Crippen LogP) is 15.0. The number of rotatable bonds is 34. The molecular weight excluding hydrogens is 643 g/mol. The molecule has 0 aliphatic heterocycles. The molecule has 52 heavy (non-hydrogen) atoms. The van der Waals surface area contributed by atoms with Gasteiger partial charge in [-0.05, 0) is 62.3 Å². The monoisotopic (exact) mass is 724 g/mol. The van der Waals surface area contributed by atoms with Gasteiger partial charge in [-0.1, -0.05) is 199 Å². The topological polar surface area (TPSA) is 65.0 Å².